The van der Waals surface area contributed by atoms with Gasteiger partial charge in [-0.3, -0.25) is 4.79 Å². The van der Waals surface area contributed by atoms with E-state index in [1.165, 1.54) is 77.0 Å². The van der Waals surface area contributed by atoms with Crippen LogP contribution < -0.4 is 9.47 Å². The molecule has 36 heavy (non-hydrogen) atoms. The molecule has 0 fully saturated rings. The zero-order chi connectivity index (χ0) is 25.7. The van der Waals surface area contributed by atoms with Crippen LogP contribution in [-0.4, -0.2) is 26.3 Å². The highest BCUT2D eigenvalue weighted by atomic mass is 16.5. The average Bonchev–Trinajstić information content (AvgIpc) is 2.91. The summed E-state index contributed by atoms with van der Waals surface area (Å²) in [7, 11) is 1.66. The second-order valence-electron chi connectivity index (χ2n) is 9.67. The smallest absolute Gasteiger partial charge is 0.309 e. The minimum atomic E-state index is -0.181. The van der Waals surface area contributed by atoms with Gasteiger partial charge in [-0.15, -0.1) is 0 Å². The Bertz CT molecular complexity index is 798. The Labute approximate surface area is 219 Å². The second kappa shape index (κ2) is 19.7. The molecule has 0 spiro atoms. The van der Waals surface area contributed by atoms with E-state index >= 15 is 0 Å². The standard InChI is InChI=1S/C32H48O4/c1-3-4-5-6-7-8-9-10-11-12-13-14-15-16-26-36-32(33)25-27-35-31-23-19-29(20-24-31)28-17-21-30(34-2)22-18-28/h17-24H,3-16,25-27H2,1-2H3. The molecule has 0 saturated carbocycles. The van der Waals surface area contributed by atoms with Gasteiger partial charge in [0.15, 0.2) is 0 Å². The van der Waals surface area contributed by atoms with E-state index in [1.54, 1.807) is 7.11 Å². The summed E-state index contributed by atoms with van der Waals surface area (Å²) >= 11 is 0. The van der Waals surface area contributed by atoms with Crippen molar-refractivity contribution in [3.8, 4) is 22.6 Å². The number of methoxy groups -OCH3 is 1. The number of carbonyl (C=O) groups is 1. The van der Waals surface area contributed by atoms with Crippen LogP contribution in [0.4, 0.5) is 0 Å². The van der Waals surface area contributed by atoms with Gasteiger partial charge < -0.3 is 14.2 Å². The summed E-state index contributed by atoms with van der Waals surface area (Å²) in [6, 6.07) is 15.9. The van der Waals surface area contributed by atoms with Gasteiger partial charge in [0.05, 0.1) is 26.7 Å². The van der Waals surface area contributed by atoms with Gasteiger partial charge in [-0.05, 0) is 41.8 Å². The fraction of sp³-hybridized carbons (Fsp3) is 0.594. The van der Waals surface area contributed by atoms with E-state index in [0.717, 1.165) is 35.5 Å². The number of benzene rings is 2. The van der Waals surface area contributed by atoms with Crippen LogP contribution in [0.3, 0.4) is 0 Å². The van der Waals surface area contributed by atoms with Crippen molar-refractivity contribution in [2.75, 3.05) is 20.3 Å². The Balaban J connectivity index is 1.41. The fourth-order valence-corrected chi connectivity index (χ4v) is 4.33. The van der Waals surface area contributed by atoms with Crippen LogP contribution in [-0.2, 0) is 9.53 Å². The highest BCUT2D eigenvalue weighted by Crippen LogP contribution is 2.24. The molecule has 0 aromatic heterocycles. The first-order valence-corrected chi connectivity index (χ1v) is 14.3. The molecule has 2 rings (SSSR count). The first kappa shape index (κ1) is 29.7. The normalized spacial score (nSPS) is 10.8. The van der Waals surface area contributed by atoms with Crippen LogP contribution in [0.15, 0.2) is 48.5 Å². The molecule has 0 N–H and O–H groups in total. The second-order valence-corrected chi connectivity index (χ2v) is 9.67. The van der Waals surface area contributed by atoms with Gasteiger partial charge in [0.2, 0.25) is 0 Å². The van der Waals surface area contributed by atoms with Crippen molar-refractivity contribution < 1.29 is 19.0 Å². The summed E-state index contributed by atoms with van der Waals surface area (Å²) in [5.74, 6) is 1.42. The monoisotopic (exact) mass is 496 g/mol. The lowest BCUT2D eigenvalue weighted by molar-refractivity contribution is -0.144. The van der Waals surface area contributed by atoms with Gasteiger partial charge in [0.25, 0.3) is 0 Å². The number of carbonyl (C=O) groups excluding carboxylic acids is 1. The van der Waals surface area contributed by atoms with E-state index in [1.807, 2.05) is 48.5 Å². The molecule has 0 saturated heterocycles. The van der Waals surface area contributed by atoms with Crippen molar-refractivity contribution in [2.45, 2.75) is 103 Å². The van der Waals surface area contributed by atoms with Crippen LogP contribution in [0, 0.1) is 0 Å². The Morgan fingerprint density at radius 3 is 1.50 bits per heavy atom. The van der Waals surface area contributed by atoms with E-state index in [9.17, 15) is 4.79 Å². The zero-order valence-electron chi connectivity index (χ0n) is 22.8. The van der Waals surface area contributed by atoms with Gasteiger partial charge in [0, 0.05) is 0 Å². The summed E-state index contributed by atoms with van der Waals surface area (Å²) in [6.45, 7) is 3.13. The number of rotatable bonds is 21. The molecular weight excluding hydrogens is 448 g/mol. The Morgan fingerprint density at radius 2 is 1.03 bits per heavy atom. The predicted molar refractivity (Wildman–Crippen MR) is 150 cm³/mol. The van der Waals surface area contributed by atoms with Gasteiger partial charge in [-0.2, -0.15) is 0 Å². The van der Waals surface area contributed by atoms with Crippen molar-refractivity contribution in [1.82, 2.24) is 0 Å². The highest BCUT2D eigenvalue weighted by molar-refractivity contribution is 5.69. The first-order chi connectivity index (χ1) is 17.7. The summed E-state index contributed by atoms with van der Waals surface area (Å²) in [5, 5.41) is 0. The molecule has 0 amide bonds. The van der Waals surface area contributed by atoms with Gasteiger partial charge in [-0.1, -0.05) is 115 Å². The van der Waals surface area contributed by atoms with Crippen LogP contribution in [0.25, 0.3) is 11.1 Å². The maximum absolute atomic E-state index is 11.9. The minimum Gasteiger partial charge on any atom is -0.497 e. The van der Waals surface area contributed by atoms with E-state index < -0.39 is 0 Å². The van der Waals surface area contributed by atoms with Crippen molar-refractivity contribution in [2.24, 2.45) is 0 Å². The van der Waals surface area contributed by atoms with Crippen LogP contribution >= 0.6 is 0 Å². The molecule has 0 radical (unpaired) electrons. The van der Waals surface area contributed by atoms with Crippen molar-refractivity contribution in [1.29, 1.82) is 0 Å². The summed E-state index contributed by atoms with van der Waals surface area (Å²) in [4.78, 5) is 11.9. The number of unbranched alkanes of at least 4 members (excludes halogenated alkanes) is 13. The number of ether oxygens (including phenoxy) is 3. The summed E-state index contributed by atoms with van der Waals surface area (Å²) in [6.07, 6.45) is 18.8. The molecule has 4 heteroatoms. The van der Waals surface area contributed by atoms with Crippen molar-refractivity contribution in [3.63, 3.8) is 0 Å². The molecular formula is C32H48O4. The Hall–Kier alpha value is -2.49. The molecule has 200 valence electrons. The molecule has 0 bridgehead atoms. The minimum absolute atomic E-state index is 0.181. The maximum atomic E-state index is 11.9. The van der Waals surface area contributed by atoms with Gasteiger partial charge in [0.1, 0.15) is 11.5 Å². The van der Waals surface area contributed by atoms with E-state index in [4.69, 9.17) is 14.2 Å². The van der Waals surface area contributed by atoms with E-state index in [0.29, 0.717) is 13.2 Å². The lowest BCUT2D eigenvalue weighted by Crippen LogP contribution is -2.10. The molecule has 0 unspecified atom stereocenters. The molecule has 4 nitrogen and oxygen atoms in total. The molecule has 0 atom stereocenters. The molecule has 2 aromatic carbocycles. The summed E-state index contributed by atoms with van der Waals surface area (Å²) < 4.78 is 16.3. The van der Waals surface area contributed by atoms with Crippen LogP contribution in [0.5, 0.6) is 11.5 Å². The number of hydrogen-bond donors (Lipinski definition) is 0. The summed E-state index contributed by atoms with van der Waals surface area (Å²) in [5.41, 5.74) is 2.23. The molecule has 0 aliphatic rings. The first-order valence-electron chi connectivity index (χ1n) is 14.3. The van der Waals surface area contributed by atoms with E-state index in [-0.39, 0.29) is 12.4 Å². The topological polar surface area (TPSA) is 44.8 Å². The van der Waals surface area contributed by atoms with E-state index in [2.05, 4.69) is 6.92 Å². The quantitative estimate of drug-likeness (QED) is 0.128. The van der Waals surface area contributed by atoms with Crippen LogP contribution in [0.2, 0.25) is 0 Å². The fourth-order valence-electron chi connectivity index (χ4n) is 4.33. The van der Waals surface area contributed by atoms with Crippen molar-refractivity contribution >= 4 is 5.97 Å². The number of hydrogen-bond acceptors (Lipinski definition) is 4. The van der Waals surface area contributed by atoms with Gasteiger partial charge in [-0.25, -0.2) is 0 Å². The van der Waals surface area contributed by atoms with Crippen LogP contribution in [0.1, 0.15) is 103 Å². The molecule has 0 aliphatic carbocycles. The lowest BCUT2D eigenvalue weighted by Gasteiger charge is -2.08. The molecule has 2 aromatic rings. The van der Waals surface area contributed by atoms with Gasteiger partial charge >= 0.3 is 5.97 Å². The third kappa shape index (κ3) is 13.6. The largest absolute Gasteiger partial charge is 0.497 e. The Morgan fingerprint density at radius 1 is 0.583 bits per heavy atom. The predicted octanol–water partition coefficient (Wildman–Crippen LogP) is 9.16. The number of esters is 1. The molecule has 0 aliphatic heterocycles. The average molecular weight is 497 g/mol. The Kier molecular flexibility index (Phi) is 16.2. The lowest BCUT2D eigenvalue weighted by atomic mass is 10.0. The SMILES string of the molecule is CCCCCCCCCCCCCCCCOC(=O)CCOc1ccc(-c2ccc(OC)cc2)cc1. The molecule has 0 heterocycles. The third-order valence-electron chi connectivity index (χ3n) is 6.61. The maximum Gasteiger partial charge on any atom is 0.309 e. The van der Waals surface area contributed by atoms with Crippen molar-refractivity contribution in [3.05, 3.63) is 48.5 Å². The highest BCUT2D eigenvalue weighted by Gasteiger charge is 2.05. The third-order valence-corrected chi connectivity index (χ3v) is 6.61. The zero-order valence-corrected chi connectivity index (χ0v) is 22.8.